The lowest BCUT2D eigenvalue weighted by atomic mass is 10.0. The molecule has 0 aliphatic carbocycles. The van der Waals surface area contributed by atoms with E-state index in [1.54, 1.807) is 0 Å². The molecule has 5 rings (SSSR count). The minimum atomic E-state index is -0.869. The third kappa shape index (κ3) is 5.35. The molecule has 8 nitrogen and oxygen atoms in total. The van der Waals surface area contributed by atoms with Crippen LogP contribution in [0.2, 0.25) is 0 Å². The summed E-state index contributed by atoms with van der Waals surface area (Å²) in [5, 5.41) is 18.9. The number of halogens is 2. The van der Waals surface area contributed by atoms with Gasteiger partial charge in [0, 0.05) is 23.9 Å². The van der Waals surface area contributed by atoms with Crippen LogP contribution in [0.5, 0.6) is 0 Å². The monoisotopic (exact) mass is 762 g/mol. The summed E-state index contributed by atoms with van der Waals surface area (Å²) in [4.78, 5) is 40.1. The van der Waals surface area contributed by atoms with Gasteiger partial charge in [-0.05, 0) is 143 Å². The normalized spacial score (nSPS) is 13.1. The Morgan fingerprint density at radius 1 is 0.825 bits per heavy atom. The molecule has 0 amide bonds. The van der Waals surface area contributed by atoms with E-state index in [0.29, 0.717) is 18.5 Å². The van der Waals surface area contributed by atoms with Crippen LogP contribution < -0.4 is 0 Å². The Morgan fingerprint density at radius 2 is 1.50 bits per heavy atom. The second-order valence-electron chi connectivity index (χ2n) is 10.2. The Balaban J connectivity index is 1.93. The molecule has 0 radical (unpaired) electrons. The van der Waals surface area contributed by atoms with Gasteiger partial charge in [0.25, 0.3) is 0 Å². The van der Waals surface area contributed by atoms with Crippen molar-refractivity contribution in [2.24, 2.45) is 0 Å². The smallest absolute Gasteiger partial charge is 0.303 e. The van der Waals surface area contributed by atoms with Gasteiger partial charge >= 0.3 is 11.9 Å². The molecule has 5 heterocycles. The molecule has 2 aliphatic heterocycles. The van der Waals surface area contributed by atoms with Crippen LogP contribution in [0.25, 0.3) is 44.9 Å². The molecule has 0 aromatic carbocycles. The number of aryl methyl sites for hydroxylation is 3. The number of aromatic nitrogens is 4. The maximum Gasteiger partial charge on any atom is 0.303 e. The van der Waals surface area contributed by atoms with Crippen LogP contribution in [0.15, 0.2) is 18.2 Å². The minimum Gasteiger partial charge on any atom is -0.481 e. The summed E-state index contributed by atoms with van der Waals surface area (Å²) < 4.78 is 1.95. The number of allylic oxidation sites excluding steroid dienone is 3. The number of aliphatic carboxylic acids is 2. The number of carboxylic acids is 2. The summed E-state index contributed by atoms with van der Waals surface area (Å²) in [7, 11) is 0. The molecule has 0 spiro atoms. The first-order valence-electron chi connectivity index (χ1n) is 12.9. The predicted octanol–water partition coefficient (Wildman–Crippen LogP) is 7.51. The van der Waals surface area contributed by atoms with Crippen LogP contribution >= 0.6 is 45.2 Å². The van der Waals surface area contributed by atoms with E-state index in [-0.39, 0.29) is 12.8 Å². The molecular formula is C30H28I2N4O4. The summed E-state index contributed by atoms with van der Waals surface area (Å²) in [5.41, 5.74) is 12.6. The Kier molecular flexibility index (Phi) is 7.92. The highest BCUT2D eigenvalue weighted by atomic mass is 127. The molecule has 0 saturated heterocycles. The van der Waals surface area contributed by atoms with Crippen molar-refractivity contribution in [3.63, 3.8) is 0 Å². The van der Waals surface area contributed by atoms with Gasteiger partial charge in [-0.25, -0.2) is 9.97 Å². The average molecular weight is 762 g/mol. The summed E-state index contributed by atoms with van der Waals surface area (Å²) in [6.45, 7) is 8.08. The van der Waals surface area contributed by atoms with Crippen molar-refractivity contribution >= 4 is 102 Å². The summed E-state index contributed by atoms with van der Waals surface area (Å²) in [6.07, 6.45) is 2.75. The summed E-state index contributed by atoms with van der Waals surface area (Å²) >= 11 is 4.65. The van der Waals surface area contributed by atoms with E-state index >= 15 is 0 Å². The predicted molar refractivity (Wildman–Crippen MR) is 175 cm³/mol. The SMILES string of the molecule is CC1=Cc2nc1c(I)c1cc(C)c(cc3nc(cc4[nH]c(c(C)c4CCC(=O)O)c2I)C(CCC(=O)O)=C3C)[nH]1. The largest absolute Gasteiger partial charge is 0.481 e. The van der Waals surface area contributed by atoms with E-state index in [1.807, 2.05) is 32.9 Å². The van der Waals surface area contributed by atoms with Crippen LogP contribution in [-0.2, 0) is 16.0 Å². The van der Waals surface area contributed by atoms with Crippen LogP contribution in [0.4, 0.5) is 0 Å². The molecule has 0 unspecified atom stereocenters. The number of nitrogens with one attached hydrogen (secondary N) is 2. The van der Waals surface area contributed by atoms with Crippen molar-refractivity contribution < 1.29 is 19.8 Å². The maximum atomic E-state index is 11.5. The van der Waals surface area contributed by atoms with Crippen LogP contribution in [0, 0.1) is 21.0 Å². The summed E-state index contributed by atoms with van der Waals surface area (Å²) in [5.74, 6) is -1.73. The van der Waals surface area contributed by atoms with E-state index in [9.17, 15) is 19.8 Å². The van der Waals surface area contributed by atoms with Crippen molar-refractivity contribution in [3.8, 4) is 0 Å². The molecule has 3 aromatic heterocycles. The Hall–Kier alpha value is -3.00. The highest BCUT2D eigenvalue weighted by molar-refractivity contribution is 14.1. The number of carbonyl (C=O) groups is 2. The van der Waals surface area contributed by atoms with E-state index in [2.05, 4.69) is 74.2 Å². The van der Waals surface area contributed by atoms with Crippen molar-refractivity contribution in [2.45, 2.75) is 53.4 Å². The van der Waals surface area contributed by atoms with E-state index in [1.165, 1.54) is 0 Å². The second kappa shape index (κ2) is 11.1. The maximum absolute atomic E-state index is 11.5. The van der Waals surface area contributed by atoms with Crippen molar-refractivity contribution in [1.29, 1.82) is 0 Å². The zero-order valence-corrected chi connectivity index (χ0v) is 26.8. The average Bonchev–Trinajstić information content (AvgIpc) is 3.61. The molecule has 2 aliphatic rings. The van der Waals surface area contributed by atoms with Gasteiger partial charge in [-0.1, -0.05) is 0 Å². The molecule has 0 saturated carbocycles. The van der Waals surface area contributed by atoms with Gasteiger partial charge in [0.15, 0.2) is 0 Å². The first-order chi connectivity index (χ1) is 18.9. The van der Waals surface area contributed by atoms with Gasteiger partial charge in [0.2, 0.25) is 0 Å². The standard InChI is InChI=1S/C30H28I2N4O4/c1-13-9-23-27(31)29-14(2)10-24(36-29)28(32)30-16(4)18(6-8-26(39)40)22(35-30)12-21-17(5-7-25(37)38)15(3)20(34-21)11-19(13)33-23/h9-12,33,35H,5-8H2,1-4H3,(H,37,38)(H,39,40). The Bertz CT molecular complexity index is 1830. The number of rotatable bonds is 6. The fourth-order valence-electron chi connectivity index (χ4n) is 5.21. The number of nitrogens with zero attached hydrogens (tertiary/aromatic N) is 2. The third-order valence-electron chi connectivity index (χ3n) is 7.44. The molecular weight excluding hydrogens is 734 g/mol. The summed E-state index contributed by atoms with van der Waals surface area (Å²) in [6, 6.07) is 6.06. The van der Waals surface area contributed by atoms with Crippen LogP contribution in [-0.4, -0.2) is 42.1 Å². The van der Waals surface area contributed by atoms with Crippen molar-refractivity contribution in [2.75, 3.05) is 0 Å². The van der Waals surface area contributed by atoms with E-state index in [0.717, 1.165) is 79.7 Å². The lowest BCUT2D eigenvalue weighted by Crippen LogP contribution is -1.98. The fourth-order valence-corrected chi connectivity index (χ4v) is 6.86. The van der Waals surface area contributed by atoms with Crippen molar-refractivity contribution in [1.82, 2.24) is 19.9 Å². The van der Waals surface area contributed by atoms with Gasteiger partial charge in [-0.15, -0.1) is 0 Å². The zero-order chi connectivity index (χ0) is 28.9. The molecule has 8 bridgehead atoms. The van der Waals surface area contributed by atoms with Gasteiger partial charge in [0.1, 0.15) is 0 Å². The van der Waals surface area contributed by atoms with Gasteiger partial charge < -0.3 is 20.2 Å². The van der Waals surface area contributed by atoms with Gasteiger partial charge in [0.05, 0.1) is 40.9 Å². The minimum absolute atomic E-state index is 0.00678. The number of aromatic amines is 2. The van der Waals surface area contributed by atoms with Gasteiger partial charge in [-0.2, -0.15) is 0 Å². The van der Waals surface area contributed by atoms with Crippen LogP contribution in [0.1, 0.15) is 72.6 Å². The van der Waals surface area contributed by atoms with E-state index in [4.69, 9.17) is 9.97 Å². The van der Waals surface area contributed by atoms with Gasteiger partial charge in [-0.3, -0.25) is 9.59 Å². The lowest BCUT2D eigenvalue weighted by Gasteiger charge is -2.03. The first-order valence-corrected chi connectivity index (χ1v) is 15.0. The topological polar surface area (TPSA) is 132 Å². The quantitative estimate of drug-likeness (QED) is 0.192. The highest BCUT2D eigenvalue weighted by Gasteiger charge is 2.21. The fraction of sp³-hybridized carbons (Fsp3) is 0.267. The zero-order valence-electron chi connectivity index (χ0n) is 22.5. The molecule has 206 valence electrons. The lowest BCUT2D eigenvalue weighted by molar-refractivity contribution is -0.137. The molecule has 0 atom stereocenters. The van der Waals surface area contributed by atoms with Crippen molar-refractivity contribution in [3.05, 3.63) is 64.8 Å². The number of H-pyrrole nitrogens is 2. The highest BCUT2D eigenvalue weighted by Crippen LogP contribution is 2.36. The number of fused-ring (bicyclic) bond motifs is 8. The molecule has 40 heavy (non-hydrogen) atoms. The van der Waals surface area contributed by atoms with Crippen LogP contribution in [0.3, 0.4) is 0 Å². The number of hydrogen-bond acceptors (Lipinski definition) is 4. The molecule has 0 fully saturated rings. The molecule has 10 heteroatoms. The third-order valence-corrected chi connectivity index (χ3v) is 9.63. The first kappa shape index (κ1) is 28.5. The number of carboxylic acid groups (broad SMARTS) is 2. The Labute approximate surface area is 258 Å². The number of hydrogen-bond donors (Lipinski definition) is 4. The molecule has 3 aromatic rings. The van der Waals surface area contributed by atoms with E-state index < -0.39 is 11.9 Å². The Morgan fingerprint density at radius 3 is 2.20 bits per heavy atom. The molecule has 4 N–H and O–H groups in total. The second-order valence-corrected chi connectivity index (χ2v) is 12.3.